The molecule has 0 radical (unpaired) electrons. The molecule has 4 rings (SSSR count). The number of H-pyrrole nitrogens is 1. The second kappa shape index (κ2) is 7.70. The molecule has 0 spiro atoms. The van der Waals surface area contributed by atoms with Crippen LogP contribution in [0.1, 0.15) is 24.2 Å². The van der Waals surface area contributed by atoms with E-state index in [-0.39, 0.29) is 12.0 Å². The van der Waals surface area contributed by atoms with Gasteiger partial charge in [-0.3, -0.25) is 9.69 Å². The summed E-state index contributed by atoms with van der Waals surface area (Å²) in [5.41, 5.74) is 3.06. The normalized spacial score (nSPS) is 20.4. The number of imidazole rings is 1. The Morgan fingerprint density at radius 1 is 1.33 bits per heavy atom. The van der Waals surface area contributed by atoms with Crippen molar-refractivity contribution in [2.24, 2.45) is 0 Å². The van der Waals surface area contributed by atoms with Crippen LogP contribution < -0.4 is 4.74 Å². The van der Waals surface area contributed by atoms with Gasteiger partial charge in [-0.05, 0) is 43.7 Å². The Balaban J connectivity index is 1.42. The van der Waals surface area contributed by atoms with E-state index >= 15 is 0 Å². The molecule has 1 atom stereocenters. The minimum Gasteiger partial charge on any atom is -0.497 e. The van der Waals surface area contributed by atoms with Crippen molar-refractivity contribution in [1.29, 1.82) is 0 Å². The number of aliphatic hydroxyl groups is 1. The maximum Gasteiger partial charge on any atom is 0.237 e. The minimum atomic E-state index is -0.306. The first-order valence-corrected chi connectivity index (χ1v) is 9.53. The van der Waals surface area contributed by atoms with Gasteiger partial charge >= 0.3 is 0 Å². The number of aromatic nitrogens is 2. The standard InChI is InChI=1S/C20H26N4O3/c1-27-16-6-4-14(5-7-16)20-21-17-8-10-24(12-18(17)22-20)19(26)13-23-9-2-3-15(25)11-23/h4-7,15,25H,2-3,8-13H2,1H3,(H,21,22)/t15-/m0/s1. The highest BCUT2D eigenvalue weighted by molar-refractivity contribution is 5.78. The van der Waals surface area contributed by atoms with Gasteiger partial charge in [0, 0.05) is 25.1 Å². The fraction of sp³-hybridized carbons (Fsp3) is 0.500. The van der Waals surface area contributed by atoms with Crippen LogP contribution in [0.25, 0.3) is 11.4 Å². The Kier molecular flexibility index (Phi) is 5.13. The summed E-state index contributed by atoms with van der Waals surface area (Å²) in [5.74, 6) is 1.76. The number of ether oxygens (including phenoxy) is 1. The highest BCUT2D eigenvalue weighted by atomic mass is 16.5. The van der Waals surface area contributed by atoms with Gasteiger partial charge in [-0.15, -0.1) is 0 Å². The fourth-order valence-electron chi connectivity index (χ4n) is 3.86. The SMILES string of the molecule is COc1ccc(-c2nc3c([nH]2)CN(C(=O)CN2CCC[C@H](O)C2)CC3)cc1. The Hall–Kier alpha value is -2.38. The molecule has 0 unspecified atom stereocenters. The van der Waals surface area contributed by atoms with Crippen LogP contribution in [-0.4, -0.2) is 70.2 Å². The second-order valence-electron chi connectivity index (χ2n) is 7.34. The number of nitrogens with zero attached hydrogens (tertiary/aromatic N) is 3. The molecule has 2 aromatic rings. The number of carbonyl (C=O) groups is 1. The van der Waals surface area contributed by atoms with Crippen molar-refractivity contribution < 1.29 is 14.6 Å². The number of aromatic amines is 1. The Bertz CT molecular complexity index is 802. The van der Waals surface area contributed by atoms with Crippen molar-refractivity contribution >= 4 is 5.91 Å². The molecule has 3 heterocycles. The number of hydrogen-bond donors (Lipinski definition) is 2. The van der Waals surface area contributed by atoms with Crippen LogP contribution in [0.15, 0.2) is 24.3 Å². The van der Waals surface area contributed by atoms with Crippen molar-refractivity contribution in [1.82, 2.24) is 19.8 Å². The lowest BCUT2D eigenvalue weighted by Gasteiger charge is -2.32. The van der Waals surface area contributed by atoms with Crippen molar-refractivity contribution in [2.45, 2.75) is 31.9 Å². The number of carbonyl (C=O) groups excluding carboxylic acids is 1. The van der Waals surface area contributed by atoms with E-state index < -0.39 is 0 Å². The van der Waals surface area contributed by atoms with Crippen molar-refractivity contribution in [3.8, 4) is 17.1 Å². The molecule has 27 heavy (non-hydrogen) atoms. The summed E-state index contributed by atoms with van der Waals surface area (Å²) < 4.78 is 5.20. The van der Waals surface area contributed by atoms with Crippen LogP contribution in [0.4, 0.5) is 0 Å². The summed E-state index contributed by atoms with van der Waals surface area (Å²) in [4.78, 5) is 24.7. The average molecular weight is 370 g/mol. The van der Waals surface area contributed by atoms with E-state index in [9.17, 15) is 9.90 Å². The van der Waals surface area contributed by atoms with Crippen LogP contribution in [0.5, 0.6) is 5.75 Å². The smallest absolute Gasteiger partial charge is 0.237 e. The first kappa shape index (κ1) is 18.0. The van der Waals surface area contributed by atoms with Crippen molar-refractivity contribution in [3.05, 3.63) is 35.7 Å². The number of piperidine rings is 1. The summed E-state index contributed by atoms with van der Waals surface area (Å²) in [6.07, 6.45) is 2.24. The molecule has 1 amide bonds. The first-order chi connectivity index (χ1) is 13.1. The summed E-state index contributed by atoms with van der Waals surface area (Å²) in [7, 11) is 1.65. The minimum absolute atomic E-state index is 0.121. The lowest BCUT2D eigenvalue weighted by atomic mass is 10.1. The van der Waals surface area contributed by atoms with Crippen LogP contribution in [0, 0.1) is 0 Å². The third kappa shape index (κ3) is 3.99. The van der Waals surface area contributed by atoms with Crippen LogP contribution in [0.2, 0.25) is 0 Å². The number of methoxy groups -OCH3 is 1. The predicted octanol–water partition coefficient (Wildman–Crippen LogP) is 1.43. The molecule has 144 valence electrons. The maximum absolute atomic E-state index is 12.7. The van der Waals surface area contributed by atoms with E-state index in [0.717, 1.165) is 54.3 Å². The number of fused-ring (bicyclic) bond motifs is 1. The first-order valence-electron chi connectivity index (χ1n) is 9.53. The molecule has 2 aliphatic rings. The van der Waals surface area contributed by atoms with Gasteiger partial charge in [-0.25, -0.2) is 4.98 Å². The number of amides is 1. The van der Waals surface area contributed by atoms with Gasteiger partial charge in [0.25, 0.3) is 0 Å². The zero-order chi connectivity index (χ0) is 18.8. The molecule has 1 fully saturated rings. The quantitative estimate of drug-likeness (QED) is 0.851. The summed E-state index contributed by atoms with van der Waals surface area (Å²) in [6, 6.07) is 7.79. The Morgan fingerprint density at radius 3 is 2.89 bits per heavy atom. The number of nitrogens with one attached hydrogen (secondary N) is 1. The highest BCUT2D eigenvalue weighted by Crippen LogP contribution is 2.24. The van der Waals surface area contributed by atoms with Gasteiger partial charge in [-0.2, -0.15) is 0 Å². The predicted molar refractivity (Wildman–Crippen MR) is 101 cm³/mol. The zero-order valence-corrected chi connectivity index (χ0v) is 15.6. The summed E-state index contributed by atoms with van der Waals surface area (Å²) >= 11 is 0. The summed E-state index contributed by atoms with van der Waals surface area (Å²) in [6.45, 7) is 3.11. The molecular weight excluding hydrogens is 344 g/mol. The third-order valence-electron chi connectivity index (χ3n) is 5.39. The van der Waals surface area contributed by atoms with Crippen molar-refractivity contribution in [3.63, 3.8) is 0 Å². The van der Waals surface area contributed by atoms with E-state index in [0.29, 0.717) is 26.2 Å². The third-order valence-corrected chi connectivity index (χ3v) is 5.39. The Morgan fingerprint density at radius 2 is 2.15 bits per heavy atom. The van der Waals surface area contributed by atoms with E-state index in [1.54, 1.807) is 7.11 Å². The fourth-order valence-corrected chi connectivity index (χ4v) is 3.86. The lowest BCUT2D eigenvalue weighted by molar-refractivity contribution is -0.134. The molecule has 7 nitrogen and oxygen atoms in total. The van der Waals surface area contributed by atoms with Gasteiger partial charge in [0.1, 0.15) is 11.6 Å². The number of benzene rings is 1. The molecule has 1 aromatic heterocycles. The molecule has 1 aromatic carbocycles. The van der Waals surface area contributed by atoms with E-state index in [2.05, 4.69) is 9.88 Å². The lowest BCUT2D eigenvalue weighted by Crippen LogP contribution is -2.46. The molecule has 0 saturated carbocycles. The van der Waals surface area contributed by atoms with Crippen molar-refractivity contribution in [2.75, 3.05) is 33.3 Å². The van der Waals surface area contributed by atoms with Crippen LogP contribution >= 0.6 is 0 Å². The van der Waals surface area contributed by atoms with Gasteiger partial charge < -0.3 is 19.7 Å². The molecule has 1 saturated heterocycles. The number of likely N-dealkylation sites (tertiary alicyclic amines) is 1. The molecule has 7 heteroatoms. The van der Waals surface area contributed by atoms with Gasteiger partial charge in [0.15, 0.2) is 0 Å². The van der Waals surface area contributed by atoms with Gasteiger partial charge in [-0.1, -0.05) is 0 Å². The van der Waals surface area contributed by atoms with Crippen LogP contribution in [0.3, 0.4) is 0 Å². The number of hydrogen-bond acceptors (Lipinski definition) is 5. The Labute approximate surface area is 159 Å². The van der Waals surface area contributed by atoms with Gasteiger partial charge in [0.2, 0.25) is 5.91 Å². The molecule has 0 bridgehead atoms. The van der Waals surface area contributed by atoms with E-state index in [1.807, 2.05) is 29.2 Å². The second-order valence-corrected chi connectivity index (χ2v) is 7.34. The maximum atomic E-state index is 12.7. The number of aliphatic hydroxyl groups excluding tert-OH is 1. The van der Waals surface area contributed by atoms with E-state index in [4.69, 9.17) is 9.72 Å². The monoisotopic (exact) mass is 370 g/mol. The number of β-amino-alcohol motifs (C(OH)–C–C–N with tert-alkyl or cyclic N) is 1. The van der Waals surface area contributed by atoms with E-state index in [1.165, 1.54) is 0 Å². The molecule has 2 aliphatic heterocycles. The summed E-state index contributed by atoms with van der Waals surface area (Å²) in [5, 5.41) is 9.79. The molecule has 0 aliphatic carbocycles. The molecular formula is C20H26N4O3. The number of rotatable bonds is 4. The molecule has 2 N–H and O–H groups in total. The zero-order valence-electron chi connectivity index (χ0n) is 15.6. The average Bonchev–Trinajstić information content (AvgIpc) is 3.11. The van der Waals surface area contributed by atoms with Crippen LogP contribution in [-0.2, 0) is 17.8 Å². The topological polar surface area (TPSA) is 81.7 Å². The van der Waals surface area contributed by atoms with Gasteiger partial charge in [0.05, 0.1) is 37.7 Å². The largest absolute Gasteiger partial charge is 0.497 e. The highest BCUT2D eigenvalue weighted by Gasteiger charge is 2.26.